The first kappa shape index (κ1) is 25.4. The maximum absolute atomic E-state index is 13.3. The number of para-hydroxylation sites is 1. The molecule has 0 unspecified atom stereocenters. The van der Waals surface area contributed by atoms with E-state index < -0.39 is 10.0 Å². The van der Waals surface area contributed by atoms with Gasteiger partial charge in [-0.05, 0) is 42.7 Å². The molecule has 3 aromatic carbocycles. The maximum Gasteiger partial charge on any atom is 0.262 e. The van der Waals surface area contributed by atoms with Crippen molar-refractivity contribution in [2.45, 2.75) is 35.9 Å². The van der Waals surface area contributed by atoms with E-state index in [-0.39, 0.29) is 22.0 Å². The minimum absolute atomic E-state index is 0.0673. The summed E-state index contributed by atoms with van der Waals surface area (Å²) in [5.74, 6) is -0.0989. The highest BCUT2D eigenvalue weighted by Crippen LogP contribution is 2.23. The Hall–Kier alpha value is -3.27. The highest BCUT2D eigenvalue weighted by atomic mass is 32.2. The molecule has 1 aliphatic rings. The average Bonchev–Trinajstić information content (AvgIpc) is 2.94. The summed E-state index contributed by atoms with van der Waals surface area (Å²) in [4.78, 5) is 31.2. The molecule has 1 aliphatic heterocycles. The Morgan fingerprint density at radius 1 is 0.865 bits per heavy atom. The van der Waals surface area contributed by atoms with Crippen LogP contribution in [0.25, 0.3) is 10.9 Å². The third-order valence-electron chi connectivity index (χ3n) is 6.47. The number of aromatic nitrogens is 2. The fourth-order valence-corrected chi connectivity index (χ4v) is 6.85. The van der Waals surface area contributed by atoms with Crippen LogP contribution in [0.4, 0.5) is 0 Å². The molecule has 1 saturated heterocycles. The van der Waals surface area contributed by atoms with Crippen LogP contribution in [-0.4, -0.2) is 46.9 Å². The largest absolute Gasteiger partial charge is 0.293 e. The van der Waals surface area contributed by atoms with E-state index in [1.165, 1.54) is 28.2 Å². The Morgan fingerprint density at radius 2 is 1.54 bits per heavy atom. The summed E-state index contributed by atoms with van der Waals surface area (Å²) in [6.45, 7) is 1.41. The fourth-order valence-electron chi connectivity index (χ4n) is 4.44. The van der Waals surface area contributed by atoms with Crippen molar-refractivity contribution >= 4 is 38.5 Å². The van der Waals surface area contributed by atoms with E-state index in [1.807, 2.05) is 42.5 Å². The van der Waals surface area contributed by atoms with Gasteiger partial charge in [0.05, 0.1) is 28.1 Å². The predicted octanol–water partition coefficient (Wildman–Crippen LogP) is 4.59. The van der Waals surface area contributed by atoms with Crippen LogP contribution in [0.15, 0.2) is 93.7 Å². The molecule has 7 nitrogen and oxygen atoms in total. The second-order valence-electron chi connectivity index (χ2n) is 8.99. The number of nitrogens with zero attached hydrogens (tertiary/aromatic N) is 3. The fraction of sp³-hybridized carbons (Fsp3) is 0.250. The molecule has 2 heterocycles. The van der Waals surface area contributed by atoms with Crippen LogP contribution in [0.2, 0.25) is 0 Å². The van der Waals surface area contributed by atoms with Gasteiger partial charge in [-0.25, -0.2) is 13.4 Å². The van der Waals surface area contributed by atoms with Gasteiger partial charge in [-0.15, -0.1) is 0 Å². The van der Waals surface area contributed by atoms with Crippen molar-refractivity contribution in [2.24, 2.45) is 0 Å². The van der Waals surface area contributed by atoms with Crippen molar-refractivity contribution in [3.63, 3.8) is 0 Å². The van der Waals surface area contributed by atoms with Crippen LogP contribution in [0, 0.1) is 0 Å². The molecule has 0 N–H and O–H groups in total. The molecule has 1 aromatic heterocycles. The number of Topliss-reactive ketones (excluding diaryl/α,β-unsaturated/α-hetero) is 1. The van der Waals surface area contributed by atoms with Gasteiger partial charge < -0.3 is 0 Å². The zero-order valence-corrected chi connectivity index (χ0v) is 21.9. The van der Waals surface area contributed by atoms with E-state index in [0.717, 1.165) is 24.8 Å². The first-order valence-electron chi connectivity index (χ1n) is 12.2. The normalized spacial score (nSPS) is 14.6. The number of benzene rings is 3. The molecule has 0 spiro atoms. The highest BCUT2D eigenvalue weighted by Gasteiger charge is 2.26. The topological polar surface area (TPSA) is 89.3 Å². The quantitative estimate of drug-likeness (QED) is 0.187. The first-order chi connectivity index (χ1) is 17.9. The summed E-state index contributed by atoms with van der Waals surface area (Å²) < 4.78 is 28.9. The van der Waals surface area contributed by atoms with Gasteiger partial charge in [0.15, 0.2) is 10.9 Å². The Balaban J connectivity index is 1.36. The van der Waals surface area contributed by atoms with Crippen LogP contribution in [0.3, 0.4) is 0 Å². The third-order valence-corrected chi connectivity index (χ3v) is 9.36. The molecule has 190 valence electrons. The number of ketones is 1. The smallest absolute Gasteiger partial charge is 0.262 e. The summed E-state index contributed by atoms with van der Waals surface area (Å²) in [6, 6.07) is 22.9. The van der Waals surface area contributed by atoms with E-state index in [9.17, 15) is 18.0 Å². The van der Waals surface area contributed by atoms with Crippen molar-refractivity contribution in [1.82, 2.24) is 13.9 Å². The molecule has 37 heavy (non-hydrogen) atoms. The van der Waals surface area contributed by atoms with E-state index in [2.05, 4.69) is 4.98 Å². The van der Waals surface area contributed by atoms with Crippen molar-refractivity contribution in [2.75, 3.05) is 18.8 Å². The van der Waals surface area contributed by atoms with Gasteiger partial charge in [-0.3, -0.25) is 14.2 Å². The van der Waals surface area contributed by atoms with Gasteiger partial charge in [0.25, 0.3) is 5.56 Å². The Kier molecular flexibility index (Phi) is 7.55. The molecule has 5 rings (SSSR count). The molecular weight excluding hydrogens is 506 g/mol. The lowest BCUT2D eigenvalue weighted by atomic mass is 10.1. The molecule has 9 heteroatoms. The summed E-state index contributed by atoms with van der Waals surface area (Å²) in [5.41, 5.74) is 1.80. The van der Waals surface area contributed by atoms with E-state index in [4.69, 9.17) is 0 Å². The Bertz CT molecular complexity index is 1580. The predicted molar refractivity (Wildman–Crippen MR) is 146 cm³/mol. The lowest BCUT2D eigenvalue weighted by molar-refractivity contribution is 0.102. The first-order valence-corrected chi connectivity index (χ1v) is 14.7. The van der Waals surface area contributed by atoms with E-state index in [1.54, 1.807) is 28.8 Å². The summed E-state index contributed by atoms with van der Waals surface area (Å²) in [6.07, 6.45) is 2.78. The van der Waals surface area contributed by atoms with Crippen LogP contribution in [0.1, 0.15) is 35.2 Å². The van der Waals surface area contributed by atoms with Crippen LogP contribution >= 0.6 is 11.8 Å². The minimum Gasteiger partial charge on any atom is -0.293 e. The zero-order valence-electron chi connectivity index (χ0n) is 20.2. The van der Waals surface area contributed by atoms with Crippen LogP contribution in [0.5, 0.6) is 0 Å². The van der Waals surface area contributed by atoms with E-state index >= 15 is 0 Å². The Labute approximate surface area is 220 Å². The lowest BCUT2D eigenvalue weighted by Crippen LogP contribution is -2.35. The molecule has 0 atom stereocenters. The van der Waals surface area contributed by atoms with Crippen molar-refractivity contribution in [1.29, 1.82) is 0 Å². The number of hydrogen-bond acceptors (Lipinski definition) is 6. The molecule has 4 aromatic rings. The molecule has 0 amide bonds. The number of piperidine rings is 1. The molecule has 0 radical (unpaired) electrons. The number of thioether (sulfide) groups is 1. The lowest BCUT2D eigenvalue weighted by Gasteiger charge is -2.25. The van der Waals surface area contributed by atoms with Crippen LogP contribution < -0.4 is 5.56 Å². The highest BCUT2D eigenvalue weighted by molar-refractivity contribution is 7.99. The molecule has 1 fully saturated rings. The standard InChI is InChI=1S/C28H27N3O4S2/c32-26(22-13-15-23(16-14-22)37(34,35)30-17-7-2-8-18-30)20-36-28-29-25-12-6-5-11-24(25)27(33)31(28)19-21-9-3-1-4-10-21/h1,3-6,9-16H,2,7-8,17-20H2. The van der Waals surface area contributed by atoms with Crippen LogP contribution in [-0.2, 0) is 16.6 Å². The van der Waals surface area contributed by atoms with E-state index in [0.29, 0.717) is 41.3 Å². The second kappa shape index (κ2) is 11.0. The van der Waals surface area contributed by atoms with Crippen molar-refractivity contribution < 1.29 is 13.2 Å². The van der Waals surface area contributed by atoms with Gasteiger partial charge in [-0.2, -0.15) is 4.31 Å². The summed E-state index contributed by atoms with van der Waals surface area (Å²) >= 11 is 1.21. The molecule has 0 bridgehead atoms. The number of fused-ring (bicyclic) bond motifs is 1. The Morgan fingerprint density at radius 3 is 2.27 bits per heavy atom. The third kappa shape index (κ3) is 5.53. The number of sulfonamides is 1. The molecule has 0 saturated carbocycles. The SMILES string of the molecule is O=C(CSc1nc2ccccc2c(=O)n1Cc1ccccc1)c1ccc(S(=O)(=O)N2CCCCC2)cc1. The number of rotatable bonds is 8. The number of carbonyl (C=O) groups excluding carboxylic acids is 1. The van der Waals surface area contributed by atoms with Gasteiger partial charge in [0, 0.05) is 18.7 Å². The monoisotopic (exact) mass is 533 g/mol. The average molecular weight is 534 g/mol. The summed E-state index contributed by atoms with van der Waals surface area (Å²) in [7, 11) is -3.55. The van der Waals surface area contributed by atoms with Crippen molar-refractivity contribution in [3.8, 4) is 0 Å². The molecule has 0 aliphatic carbocycles. The molecular formula is C28H27N3O4S2. The minimum atomic E-state index is -3.55. The van der Waals surface area contributed by atoms with Gasteiger partial charge >= 0.3 is 0 Å². The van der Waals surface area contributed by atoms with Gasteiger partial charge in [-0.1, -0.05) is 72.8 Å². The second-order valence-corrected chi connectivity index (χ2v) is 11.9. The number of hydrogen-bond donors (Lipinski definition) is 0. The summed E-state index contributed by atoms with van der Waals surface area (Å²) in [5, 5.41) is 0.991. The van der Waals surface area contributed by atoms with Crippen molar-refractivity contribution in [3.05, 3.63) is 100 Å². The zero-order chi connectivity index (χ0) is 25.8. The number of carbonyl (C=O) groups is 1. The van der Waals surface area contributed by atoms with Gasteiger partial charge in [0.1, 0.15) is 0 Å². The van der Waals surface area contributed by atoms with Gasteiger partial charge in [0.2, 0.25) is 10.0 Å². The maximum atomic E-state index is 13.3.